The highest BCUT2D eigenvalue weighted by Gasteiger charge is 2.40. The van der Waals surface area contributed by atoms with Crippen molar-refractivity contribution in [3.8, 4) is 0 Å². The summed E-state index contributed by atoms with van der Waals surface area (Å²) in [6, 6.07) is 19.2. The topological polar surface area (TPSA) is 105 Å². The second-order valence-corrected chi connectivity index (χ2v) is 10.1. The van der Waals surface area contributed by atoms with Gasteiger partial charge < -0.3 is 19.3 Å². The maximum absolute atomic E-state index is 12.8. The lowest BCUT2D eigenvalue weighted by atomic mass is 9.82. The van der Waals surface area contributed by atoms with Crippen molar-refractivity contribution < 1.29 is 19.8 Å². The monoisotopic (exact) mass is 497 g/mol. The van der Waals surface area contributed by atoms with Crippen LogP contribution >= 0.6 is 0 Å². The fourth-order valence-electron chi connectivity index (χ4n) is 6.22. The van der Waals surface area contributed by atoms with Crippen molar-refractivity contribution in [2.75, 3.05) is 13.1 Å². The molecule has 0 amide bonds. The van der Waals surface area contributed by atoms with E-state index in [2.05, 4.69) is 0 Å². The second-order valence-electron chi connectivity index (χ2n) is 10.1. The zero-order valence-corrected chi connectivity index (χ0v) is 20.2. The Bertz CT molecular complexity index is 1570. The van der Waals surface area contributed by atoms with Gasteiger partial charge in [0.1, 0.15) is 6.04 Å². The van der Waals surface area contributed by atoms with Gasteiger partial charge in [-0.1, -0.05) is 36.4 Å². The summed E-state index contributed by atoms with van der Waals surface area (Å²) in [7, 11) is 0. The Kier molecular flexibility index (Phi) is 5.68. The Hall–Kier alpha value is -4.17. The molecular formula is C29H27N3O5. The number of aromatic carboxylic acids is 1. The van der Waals surface area contributed by atoms with Crippen molar-refractivity contribution in [3.63, 3.8) is 0 Å². The number of nitrogens with zero attached hydrogens (tertiary/aromatic N) is 3. The van der Waals surface area contributed by atoms with Crippen molar-refractivity contribution >= 4 is 22.8 Å². The number of rotatable bonds is 6. The lowest BCUT2D eigenvalue weighted by Gasteiger charge is -2.44. The van der Waals surface area contributed by atoms with Crippen LogP contribution in [0.3, 0.4) is 0 Å². The Morgan fingerprint density at radius 2 is 1.76 bits per heavy atom. The van der Waals surface area contributed by atoms with E-state index >= 15 is 0 Å². The quantitative estimate of drug-likeness (QED) is 0.420. The van der Waals surface area contributed by atoms with E-state index in [1.807, 2.05) is 56.6 Å². The van der Waals surface area contributed by atoms with Crippen LogP contribution in [0.25, 0.3) is 10.9 Å². The average molecular weight is 498 g/mol. The van der Waals surface area contributed by atoms with Crippen LogP contribution in [0.5, 0.6) is 0 Å². The zero-order valence-electron chi connectivity index (χ0n) is 20.2. The van der Waals surface area contributed by atoms with Crippen LogP contribution < -0.4 is 5.56 Å². The predicted molar refractivity (Wildman–Crippen MR) is 138 cm³/mol. The molecule has 8 nitrogen and oxygen atoms in total. The minimum absolute atomic E-state index is 0.0133. The number of benzene rings is 2. The lowest BCUT2D eigenvalue weighted by Crippen LogP contribution is -2.49. The number of piperidine rings is 1. The van der Waals surface area contributed by atoms with Crippen LogP contribution in [-0.2, 0) is 17.9 Å². The van der Waals surface area contributed by atoms with Crippen LogP contribution in [0.15, 0.2) is 77.7 Å². The van der Waals surface area contributed by atoms with Gasteiger partial charge in [-0.3, -0.25) is 14.5 Å². The van der Waals surface area contributed by atoms with E-state index < -0.39 is 18.0 Å². The van der Waals surface area contributed by atoms with Crippen molar-refractivity contribution in [2.45, 2.75) is 31.5 Å². The molecule has 2 N–H and O–H groups in total. The fourth-order valence-corrected chi connectivity index (χ4v) is 6.22. The molecule has 1 fully saturated rings. The molecule has 3 atom stereocenters. The van der Waals surface area contributed by atoms with Gasteiger partial charge in [0.05, 0.1) is 5.56 Å². The fraction of sp³-hybridized carbons (Fsp3) is 0.276. The first-order chi connectivity index (χ1) is 17.9. The molecule has 8 heteroatoms. The predicted octanol–water partition coefficient (Wildman–Crippen LogP) is 3.79. The van der Waals surface area contributed by atoms with Gasteiger partial charge in [0.2, 0.25) is 0 Å². The summed E-state index contributed by atoms with van der Waals surface area (Å²) in [5.74, 6) is -1.79. The van der Waals surface area contributed by atoms with Crippen molar-refractivity contribution in [2.24, 2.45) is 5.92 Å². The average Bonchev–Trinajstić information content (AvgIpc) is 3.22. The molecule has 2 bridgehead atoms. The molecule has 4 heterocycles. The number of fused-ring (bicyclic) bond motifs is 5. The van der Waals surface area contributed by atoms with Crippen molar-refractivity contribution in [1.82, 2.24) is 14.0 Å². The zero-order chi connectivity index (χ0) is 25.7. The summed E-state index contributed by atoms with van der Waals surface area (Å²) < 4.78 is 3.83. The van der Waals surface area contributed by atoms with Crippen LogP contribution in [0.4, 0.5) is 0 Å². The van der Waals surface area contributed by atoms with E-state index in [0.29, 0.717) is 37.1 Å². The third-order valence-electron chi connectivity index (χ3n) is 7.76. The van der Waals surface area contributed by atoms with Crippen LogP contribution in [0.1, 0.15) is 45.6 Å². The molecule has 2 aliphatic heterocycles. The van der Waals surface area contributed by atoms with Crippen LogP contribution in [0, 0.1) is 5.92 Å². The van der Waals surface area contributed by atoms with E-state index in [9.17, 15) is 24.6 Å². The number of aromatic nitrogens is 2. The first kappa shape index (κ1) is 23.2. The third-order valence-corrected chi connectivity index (χ3v) is 7.76. The molecule has 0 spiro atoms. The highest BCUT2D eigenvalue weighted by atomic mass is 16.4. The smallest absolute Gasteiger partial charge is 0.335 e. The molecule has 2 aromatic heterocycles. The Morgan fingerprint density at radius 1 is 0.946 bits per heavy atom. The highest BCUT2D eigenvalue weighted by molar-refractivity contribution is 5.96. The summed E-state index contributed by atoms with van der Waals surface area (Å²) in [4.78, 5) is 39.0. The highest BCUT2D eigenvalue weighted by Crippen LogP contribution is 2.40. The van der Waals surface area contributed by atoms with E-state index in [1.54, 1.807) is 30.3 Å². The maximum Gasteiger partial charge on any atom is 0.335 e. The van der Waals surface area contributed by atoms with Gasteiger partial charge >= 0.3 is 11.9 Å². The standard InChI is InChI=1S/C29H27N3O5/c33-26-8-4-7-24-21-11-19(15-32(24)26)14-31(16-21)27(29(36)37)23-17-30(13-18-5-2-1-3-6-18)25-10-9-20(28(34)35)12-22(23)25/h1-10,12,17,19,21,27H,11,13-16H2,(H,34,35)(H,36,37)/t19-,21-,27?/m1/s1. The lowest BCUT2D eigenvalue weighted by molar-refractivity contribution is -0.144. The summed E-state index contributed by atoms with van der Waals surface area (Å²) in [5.41, 5.74) is 3.52. The van der Waals surface area contributed by atoms with Crippen molar-refractivity contribution in [1.29, 1.82) is 0 Å². The number of pyridine rings is 1. The van der Waals surface area contributed by atoms with Gasteiger partial charge in [-0.25, -0.2) is 4.79 Å². The molecule has 0 aliphatic carbocycles. The normalized spacial score (nSPS) is 19.9. The molecular weight excluding hydrogens is 470 g/mol. The minimum atomic E-state index is -1.05. The number of hydrogen-bond acceptors (Lipinski definition) is 4. The summed E-state index contributed by atoms with van der Waals surface area (Å²) >= 11 is 0. The second kappa shape index (κ2) is 9.05. The Morgan fingerprint density at radius 3 is 2.51 bits per heavy atom. The van der Waals surface area contributed by atoms with Gasteiger partial charge in [-0.15, -0.1) is 0 Å². The molecule has 2 aliphatic rings. The molecule has 188 valence electrons. The largest absolute Gasteiger partial charge is 0.480 e. The minimum Gasteiger partial charge on any atom is -0.480 e. The number of carboxylic acids is 2. The molecule has 1 unspecified atom stereocenters. The maximum atomic E-state index is 12.8. The first-order valence-corrected chi connectivity index (χ1v) is 12.5. The number of carbonyl (C=O) groups is 2. The first-order valence-electron chi connectivity index (χ1n) is 12.5. The molecule has 6 rings (SSSR count). The Balaban J connectivity index is 1.44. The van der Waals surface area contributed by atoms with Gasteiger partial charge in [0, 0.05) is 66.5 Å². The molecule has 0 radical (unpaired) electrons. The van der Waals surface area contributed by atoms with E-state index in [4.69, 9.17) is 0 Å². The molecule has 1 saturated heterocycles. The Labute approximate surface area is 213 Å². The summed E-state index contributed by atoms with van der Waals surface area (Å²) in [6.45, 7) is 2.18. The SMILES string of the molecule is O=C(O)c1ccc2c(c1)c(C(C(=O)O)N1C[C@H]3C[C@H](C1)c1cccc(=O)n1C3)cn2Cc1ccccc1. The van der Waals surface area contributed by atoms with Gasteiger partial charge in [-0.05, 0) is 42.2 Å². The van der Waals surface area contributed by atoms with Gasteiger partial charge in [0.25, 0.3) is 5.56 Å². The summed E-state index contributed by atoms with van der Waals surface area (Å²) in [5, 5.41) is 20.8. The van der Waals surface area contributed by atoms with E-state index in [0.717, 1.165) is 23.2 Å². The number of aliphatic carboxylic acids is 1. The molecule has 37 heavy (non-hydrogen) atoms. The molecule has 4 aromatic rings. The van der Waals surface area contributed by atoms with E-state index in [-0.39, 0.29) is 23.0 Å². The number of carboxylic acid groups (broad SMARTS) is 2. The van der Waals surface area contributed by atoms with E-state index in [1.165, 1.54) is 0 Å². The van der Waals surface area contributed by atoms with Crippen LogP contribution in [-0.4, -0.2) is 49.3 Å². The number of likely N-dealkylation sites (tertiary alicyclic amines) is 1. The van der Waals surface area contributed by atoms with Crippen LogP contribution in [0.2, 0.25) is 0 Å². The van der Waals surface area contributed by atoms with Gasteiger partial charge in [-0.2, -0.15) is 0 Å². The third kappa shape index (κ3) is 4.13. The number of hydrogen-bond donors (Lipinski definition) is 2. The summed E-state index contributed by atoms with van der Waals surface area (Å²) in [6.07, 6.45) is 2.79. The molecule has 2 aromatic carbocycles. The van der Waals surface area contributed by atoms with Crippen molar-refractivity contribution in [3.05, 3.63) is 106 Å². The molecule has 0 saturated carbocycles. The van der Waals surface area contributed by atoms with Gasteiger partial charge in [0.15, 0.2) is 0 Å².